The van der Waals surface area contributed by atoms with Gasteiger partial charge in [0, 0.05) is 19.1 Å². The van der Waals surface area contributed by atoms with Crippen LogP contribution in [0.3, 0.4) is 0 Å². The zero-order valence-electron chi connectivity index (χ0n) is 12.0. The van der Waals surface area contributed by atoms with E-state index in [1.165, 1.54) is 25.3 Å². The van der Waals surface area contributed by atoms with Crippen molar-refractivity contribution in [2.24, 2.45) is 5.92 Å². The first kappa shape index (κ1) is 15.1. The summed E-state index contributed by atoms with van der Waals surface area (Å²) in [6, 6.07) is 4.37. The summed E-state index contributed by atoms with van der Waals surface area (Å²) in [5, 5.41) is 0. The first-order chi connectivity index (χ1) is 10.0. The summed E-state index contributed by atoms with van der Waals surface area (Å²) in [7, 11) is 2.74. The Bertz CT molecular complexity index is 663. The number of fused-ring (bicyclic) bond motifs is 1. The summed E-state index contributed by atoms with van der Waals surface area (Å²) in [5.41, 5.74) is 10.9. The van der Waals surface area contributed by atoms with E-state index >= 15 is 0 Å². The minimum Gasteiger partial charge on any atom is -0.460 e. The first-order valence-electron chi connectivity index (χ1n) is 6.38. The number of ether oxygens (including phenoxy) is 2. The number of esters is 1. The van der Waals surface area contributed by atoms with Gasteiger partial charge in [-0.1, -0.05) is 13.0 Å². The molecule has 0 spiro atoms. The molecular formula is C15H15FN2O3. The van der Waals surface area contributed by atoms with Gasteiger partial charge in [0.15, 0.2) is 0 Å². The third-order valence-electron chi connectivity index (χ3n) is 3.62. The molecule has 1 aromatic carbocycles. The molecule has 21 heavy (non-hydrogen) atoms. The number of methoxy groups -OCH3 is 2. The summed E-state index contributed by atoms with van der Waals surface area (Å²) in [5.74, 6) is -1.22. The Hall–Kier alpha value is -2.30. The van der Waals surface area contributed by atoms with Crippen LogP contribution in [0.4, 0.5) is 4.39 Å². The molecule has 1 aliphatic carbocycles. The van der Waals surface area contributed by atoms with Crippen molar-refractivity contribution in [1.29, 1.82) is 0 Å². The Morgan fingerprint density at radius 1 is 1.43 bits per heavy atom. The number of benzene rings is 1. The molecule has 0 aromatic heterocycles. The monoisotopic (exact) mass is 290 g/mol. The summed E-state index contributed by atoms with van der Waals surface area (Å²) >= 11 is 0. The molecule has 2 atom stereocenters. The third-order valence-corrected chi connectivity index (χ3v) is 3.62. The van der Waals surface area contributed by atoms with E-state index in [2.05, 4.69) is 9.53 Å². The van der Waals surface area contributed by atoms with Crippen LogP contribution < -0.4 is 0 Å². The zero-order valence-corrected chi connectivity index (χ0v) is 12.0. The second kappa shape index (κ2) is 5.99. The fourth-order valence-electron chi connectivity index (χ4n) is 2.63. The van der Waals surface area contributed by atoms with Crippen molar-refractivity contribution in [3.63, 3.8) is 0 Å². The Kier molecular flexibility index (Phi) is 4.31. The number of carbonyl (C=O) groups is 1. The van der Waals surface area contributed by atoms with Gasteiger partial charge in [0.2, 0.25) is 0 Å². The fourth-order valence-corrected chi connectivity index (χ4v) is 2.63. The minimum atomic E-state index is -0.748. The van der Waals surface area contributed by atoms with Crippen molar-refractivity contribution < 1.29 is 23.4 Å². The molecule has 2 rings (SSSR count). The molecule has 1 aromatic rings. The van der Waals surface area contributed by atoms with Gasteiger partial charge in [-0.2, -0.15) is 4.79 Å². The molecule has 0 bridgehead atoms. The van der Waals surface area contributed by atoms with Crippen LogP contribution in [0.15, 0.2) is 24.3 Å². The zero-order chi connectivity index (χ0) is 15.6. The molecule has 6 heteroatoms. The highest BCUT2D eigenvalue weighted by atomic mass is 19.1. The van der Waals surface area contributed by atoms with E-state index in [0.717, 1.165) is 11.1 Å². The standard InChI is InChI=1S/C15H15FN2O3/c1-8-11(7-13(18-17)15(19)21-3)10-5-4-9(16)6-12(10)14(8)20-2/h4-8,14H,1-3H3/b11-7+/t8-,14+/m1/s1. The first-order valence-corrected chi connectivity index (χ1v) is 6.38. The maximum absolute atomic E-state index is 13.4. The average molecular weight is 290 g/mol. The number of carbonyl (C=O) groups excluding carboxylic acids is 1. The summed E-state index contributed by atoms with van der Waals surface area (Å²) in [6.07, 6.45) is 1.12. The molecule has 0 radical (unpaired) electrons. The Balaban J connectivity index is 2.56. The lowest BCUT2D eigenvalue weighted by Gasteiger charge is -2.14. The maximum atomic E-state index is 13.4. The van der Waals surface area contributed by atoms with Gasteiger partial charge in [-0.05, 0) is 28.8 Å². The lowest BCUT2D eigenvalue weighted by atomic mass is 9.99. The van der Waals surface area contributed by atoms with Crippen LogP contribution in [-0.4, -0.2) is 30.7 Å². The topological polar surface area (TPSA) is 71.9 Å². The molecular weight excluding hydrogens is 275 g/mol. The van der Waals surface area contributed by atoms with Crippen LogP contribution in [0.1, 0.15) is 24.2 Å². The van der Waals surface area contributed by atoms with Gasteiger partial charge in [-0.3, -0.25) is 0 Å². The van der Waals surface area contributed by atoms with Gasteiger partial charge >= 0.3 is 11.7 Å². The normalized spacial score (nSPS) is 21.8. The van der Waals surface area contributed by atoms with Crippen molar-refractivity contribution >= 4 is 17.3 Å². The Morgan fingerprint density at radius 3 is 2.71 bits per heavy atom. The number of hydrogen-bond donors (Lipinski definition) is 0. The number of halogens is 1. The van der Waals surface area contributed by atoms with E-state index in [4.69, 9.17) is 10.3 Å². The molecule has 0 fully saturated rings. The van der Waals surface area contributed by atoms with Crippen LogP contribution in [0, 0.1) is 11.7 Å². The largest absolute Gasteiger partial charge is 0.460 e. The van der Waals surface area contributed by atoms with Crippen molar-refractivity contribution in [1.82, 2.24) is 0 Å². The Labute approximate surface area is 121 Å². The second-order valence-electron chi connectivity index (χ2n) is 4.75. The number of rotatable bonds is 3. The molecule has 0 N–H and O–H groups in total. The fraction of sp³-hybridized carbons (Fsp3) is 0.333. The van der Waals surface area contributed by atoms with Crippen molar-refractivity contribution in [2.75, 3.05) is 14.2 Å². The molecule has 0 saturated carbocycles. The number of hydrogen-bond acceptors (Lipinski definition) is 3. The van der Waals surface area contributed by atoms with Crippen LogP contribution in [-0.2, 0) is 14.3 Å². The molecule has 0 heterocycles. The smallest absolute Gasteiger partial charge is 0.421 e. The molecule has 5 nitrogen and oxygen atoms in total. The van der Waals surface area contributed by atoms with E-state index in [9.17, 15) is 9.18 Å². The number of nitrogens with zero attached hydrogens (tertiary/aromatic N) is 2. The van der Waals surface area contributed by atoms with Crippen molar-refractivity contribution in [2.45, 2.75) is 13.0 Å². The summed E-state index contributed by atoms with van der Waals surface area (Å²) < 4.78 is 23.4. The molecule has 0 aliphatic heterocycles. The van der Waals surface area contributed by atoms with Crippen molar-refractivity contribution in [3.05, 3.63) is 46.8 Å². The van der Waals surface area contributed by atoms with E-state index in [0.29, 0.717) is 5.56 Å². The van der Waals surface area contributed by atoms with Crippen LogP contribution in [0.5, 0.6) is 0 Å². The summed E-state index contributed by atoms with van der Waals surface area (Å²) in [4.78, 5) is 14.5. The highest BCUT2D eigenvalue weighted by molar-refractivity contribution is 6.39. The summed E-state index contributed by atoms with van der Waals surface area (Å²) in [6.45, 7) is 1.89. The SMILES string of the molecule is COC(=O)C(/C=C1/c2ccc(F)cc2[C@@H](OC)[C@@H]1C)=[N+]=[N-]. The van der Waals surface area contributed by atoms with Gasteiger partial charge in [0.1, 0.15) is 5.82 Å². The highest BCUT2D eigenvalue weighted by Gasteiger charge is 2.35. The van der Waals surface area contributed by atoms with Crippen LogP contribution in [0.2, 0.25) is 0 Å². The van der Waals surface area contributed by atoms with E-state index < -0.39 is 5.97 Å². The van der Waals surface area contributed by atoms with Crippen LogP contribution in [0.25, 0.3) is 11.1 Å². The predicted octanol–water partition coefficient (Wildman–Crippen LogP) is 2.39. The molecule has 0 amide bonds. The van der Waals surface area contributed by atoms with E-state index in [1.54, 1.807) is 13.2 Å². The minimum absolute atomic E-state index is 0.117. The quantitative estimate of drug-likeness (QED) is 0.371. The maximum Gasteiger partial charge on any atom is 0.421 e. The van der Waals surface area contributed by atoms with Gasteiger partial charge in [0.05, 0.1) is 13.2 Å². The predicted molar refractivity (Wildman–Crippen MR) is 73.9 cm³/mol. The molecule has 110 valence electrons. The van der Waals surface area contributed by atoms with Crippen LogP contribution >= 0.6 is 0 Å². The van der Waals surface area contributed by atoms with Gasteiger partial charge in [-0.25, -0.2) is 9.18 Å². The highest BCUT2D eigenvalue weighted by Crippen LogP contribution is 2.46. The van der Waals surface area contributed by atoms with E-state index in [1.807, 2.05) is 6.92 Å². The van der Waals surface area contributed by atoms with Gasteiger partial charge < -0.3 is 15.0 Å². The Morgan fingerprint density at radius 2 is 2.14 bits per heavy atom. The molecule has 0 saturated heterocycles. The molecule has 0 unspecified atom stereocenters. The lowest BCUT2D eigenvalue weighted by Crippen LogP contribution is -2.15. The van der Waals surface area contributed by atoms with E-state index in [-0.39, 0.29) is 23.6 Å². The van der Waals surface area contributed by atoms with Gasteiger partial charge in [-0.15, -0.1) is 0 Å². The third kappa shape index (κ3) is 2.63. The average Bonchev–Trinajstić information content (AvgIpc) is 2.74. The molecule has 1 aliphatic rings. The van der Waals surface area contributed by atoms with Gasteiger partial charge in [0.25, 0.3) is 0 Å². The lowest BCUT2D eigenvalue weighted by molar-refractivity contribution is -0.137. The second-order valence-corrected chi connectivity index (χ2v) is 4.75. The van der Waals surface area contributed by atoms with Crippen molar-refractivity contribution in [3.8, 4) is 0 Å².